The molecule has 0 saturated carbocycles. The van der Waals surface area contributed by atoms with Crippen LogP contribution in [0.15, 0.2) is 42.5 Å². The van der Waals surface area contributed by atoms with Crippen molar-refractivity contribution in [1.29, 1.82) is 0 Å². The number of likely N-dealkylation sites (tertiary alicyclic amines) is 2. The number of nitrogens with one attached hydrogen (secondary N) is 1. The predicted molar refractivity (Wildman–Crippen MR) is 153 cm³/mol. The van der Waals surface area contributed by atoms with E-state index < -0.39 is 24.3 Å². The van der Waals surface area contributed by atoms with E-state index >= 15 is 0 Å². The molecule has 2 aromatic rings. The average molecular weight is 570 g/mol. The highest BCUT2D eigenvalue weighted by Gasteiger charge is 2.53. The maximum absolute atomic E-state index is 13.7. The molecule has 10 heteroatoms. The van der Waals surface area contributed by atoms with Crippen molar-refractivity contribution in [3.8, 4) is 15.5 Å². The van der Waals surface area contributed by atoms with Gasteiger partial charge in [-0.3, -0.25) is 14.4 Å². The molecule has 4 atom stereocenters. The number of benzene rings is 1. The van der Waals surface area contributed by atoms with Gasteiger partial charge in [-0.05, 0) is 48.8 Å². The van der Waals surface area contributed by atoms with E-state index in [0.29, 0.717) is 30.9 Å². The quantitative estimate of drug-likeness (QED) is 0.456. The minimum absolute atomic E-state index is 0.0393. The van der Waals surface area contributed by atoms with Crippen LogP contribution in [0.1, 0.15) is 47.0 Å². The Hall–Kier alpha value is -3.24. The van der Waals surface area contributed by atoms with Gasteiger partial charge in [0.25, 0.3) is 5.91 Å². The number of carbonyl (C=O) groups excluding carboxylic acids is 4. The Balaban J connectivity index is 1.43. The van der Waals surface area contributed by atoms with Crippen molar-refractivity contribution in [2.24, 2.45) is 11.8 Å². The Morgan fingerprint density at radius 1 is 0.975 bits per heavy atom. The second-order valence-electron chi connectivity index (χ2n) is 11.3. The number of hydrogen-bond donors (Lipinski definition) is 1. The van der Waals surface area contributed by atoms with E-state index in [1.807, 2.05) is 64.1 Å². The molecule has 4 rings (SSSR count). The SMILES string of the molecule is COC(CC(C)C)C(=O)N1CC(=O)C2C1CCN2C(=O)C(CC(C)C)NC(=O)Oc1ccc(-c2ccccc2)s1. The number of amides is 3. The molecular formula is C30H39N3O6S. The number of rotatable bonds is 10. The zero-order chi connectivity index (χ0) is 29.0. The molecule has 1 N–H and O–H groups in total. The molecule has 216 valence electrons. The Morgan fingerprint density at radius 3 is 2.33 bits per heavy atom. The van der Waals surface area contributed by atoms with Gasteiger partial charge >= 0.3 is 6.09 Å². The molecule has 0 bridgehead atoms. The molecule has 3 heterocycles. The molecular weight excluding hydrogens is 530 g/mol. The first kappa shape index (κ1) is 29.7. The van der Waals surface area contributed by atoms with Crippen LogP contribution < -0.4 is 10.1 Å². The molecule has 1 aromatic heterocycles. The monoisotopic (exact) mass is 569 g/mol. The zero-order valence-electron chi connectivity index (χ0n) is 23.8. The number of thiophene rings is 1. The summed E-state index contributed by atoms with van der Waals surface area (Å²) in [5.41, 5.74) is 1.02. The first-order valence-corrected chi connectivity index (χ1v) is 14.7. The molecule has 3 amide bonds. The highest BCUT2D eigenvalue weighted by Crippen LogP contribution is 2.34. The summed E-state index contributed by atoms with van der Waals surface area (Å²) in [6.07, 6.45) is 0.101. The van der Waals surface area contributed by atoms with Crippen LogP contribution in [0.5, 0.6) is 5.06 Å². The van der Waals surface area contributed by atoms with E-state index in [1.165, 1.54) is 23.3 Å². The molecule has 4 unspecified atom stereocenters. The van der Waals surface area contributed by atoms with E-state index in [4.69, 9.17) is 9.47 Å². The minimum atomic E-state index is -0.856. The van der Waals surface area contributed by atoms with Gasteiger partial charge in [-0.25, -0.2) is 4.79 Å². The summed E-state index contributed by atoms with van der Waals surface area (Å²) in [6.45, 7) is 8.25. The second-order valence-corrected chi connectivity index (χ2v) is 12.4. The fraction of sp³-hybridized carbons (Fsp3) is 0.533. The molecule has 2 saturated heterocycles. The largest absolute Gasteiger partial charge is 0.414 e. The Bertz CT molecular complexity index is 1210. The Kier molecular flexibility index (Phi) is 9.63. The van der Waals surface area contributed by atoms with E-state index in [1.54, 1.807) is 11.0 Å². The molecule has 0 radical (unpaired) electrons. The third-order valence-corrected chi connectivity index (χ3v) is 8.38. The average Bonchev–Trinajstić information content (AvgIpc) is 3.63. The van der Waals surface area contributed by atoms with Gasteiger partial charge in [0.15, 0.2) is 10.8 Å². The lowest BCUT2D eigenvalue weighted by molar-refractivity contribution is -0.144. The van der Waals surface area contributed by atoms with Crippen molar-refractivity contribution in [1.82, 2.24) is 15.1 Å². The molecule has 2 aliphatic heterocycles. The van der Waals surface area contributed by atoms with Crippen LogP contribution in [-0.4, -0.2) is 77.9 Å². The number of carbonyl (C=O) groups is 4. The lowest BCUT2D eigenvalue weighted by Gasteiger charge is -2.29. The first-order valence-electron chi connectivity index (χ1n) is 13.9. The van der Waals surface area contributed by atoms with Gasteiger partial charge in [0.1, 0.15) is 18.2 Å². The minimum Gasteiger partial charge on any atom is -0.399 e. The lowest BCUT2D eigenvalue weighted by atomic mass is 10.0. The molecule has 0 aliphatic carbocycles. The maximum Gasteiger partial charge on any atom is 0.414 e. The lowest BCUT2D eigenvalue weighted by Crippen LogP contribution is -2.53. The standard InChI is InChI=1S/C30H39N3O6S/c1-18(2)15-21(31-30(37)39-26-12-11-25(40-26)20-9-7-6-8-10-20)28(35)32-14-13-22-27(32)23(34)17-33(22)29(36)24(38-5)16-19(3)4/h6-12,18-19,21-22,24,27H,13-17H2,1-5H3,(H,31,37). The van der Waals surface area contributed by atoms with Gasteiger partial charge in [0, 0.05) is 18.5 Å². The third kappa shape index (κ3) is 6.72. The fourth-order valence-electron chi connectivity index (χ4n) is 5.56. The molecule has 2 fully saturated rings. The van der Waals surface area contributed by atoms with Crippen molar-refractivity contribution >= 4 is 35.0 Å². The number of Topliss-reactive ketones (excluding diaryl/α,β-unsaturated/α-hetero) is 1. The van der Waals surface area contributed by atoms with Crippen molar-refractivity contribution in [3.05, 3.63) is 42.5 Å². The van der Waals surface area contributed by atoms with Crippen LogP contribution in [0.25, 0.3) is 10.4 Å². The predicted octanol–water partition coefficient (Wildman–Crippen LogP) is 4.36. The molecule has 9 nitrogen and oxygen atoms in total. The number of ether oxygens (including phenoxy) is 2. The van der Waals surface area contributed by atoms with Gasteiger partial charge in [0.2, 0.25) is 5.91 Å². The van der Waals surface area contributed by atoms with Crippen molar-refractivity contribution in [3.63, 3.8) is 0 Å². The van der Waals surface area contributed by atoms with Crippen LogP contribution in [0, 0.1) is 11.8 Å². The first-order chi connectivity index (χ1) is 19.1. The van der Waals surface area contributed by atoms with Gasteiger partial charge in [-0.1, -0.05) is 69.4 Å². The summed E-state index contributed by atoms with van der Waals surface area (Å²) in [5, 5.41) is 3.16. The summed E-state index contributed by atoms with van der Waals surface area (Å²) >= 11 is 1.34. The van der Waals surface area contributed by atoms with Crippen molar-refractivity contribution < 1.29 is 28.7 Å². The third-order valence-electron chi connectivity index (χ3n) is 7.36. The highest BCUT2D eigenvalue weighted by atomic mass is 32.1. The summed E-state index contributed by atoms with van der Waals surface area (Å²) in [6, 6.07) is 11.4. The Morgan fingerprint density at radius 2 is 1.68 bits per heavy atom. The van der Waals surface area contributed by atoms with E-state index in [0.717, 1.165) is 10.4 Å². The maximum atomic E-state index is 13.7. The van der Waals surface area contributed by atoms with Gasteiger partial charge < -0.3 is 24.6 Å². The Labute approximate surface area is 239 Å². The number of methoxy groups -OCH3 is 1. The molecule has 40 heavy (non-hydrogen) atoms. The van der Waals surface area contributed by atoms with Gasteiger partial charge in [0.05, 0.1) is 12.6 Å². The van der Waals surface area contributed by atoms with Crippen LogP contribution >= 0.6 is 11.3 Å². The van der Waals surface area contributed by atoms with Gasteiger partial charge in [-0.15, -0.1) is 0 Å². The van der Waals surface area contributed by atoms with Crippen LogP contribution in [0.4, 0.5) is 4.79 Å². The second kappa shape index (κ2) is 13.0. The van der Waals surface area contributed by atoms with Crippen LogP contribution in [-0.2, 0) is 19.1 Å². The summed E-state index contributed by atoms with van der Waals surface area (Å²) in [7, 11) is 1.50. The summed E-state index contributed by atoms with van der Waals surface area (Å²) < 4.78 is 11.0. The number of nitrogens with zero attached hydrogens (tertiary/aromatic N) is 2. The summed E-state index contributed by atoms with van der Waals surface area (Å²) in [4.78, 5) is 57.0. The van der Waals surface area contributed by atoms with Gasteiger partial charge in [-0.2, -0.15) is 0 Å². The summed E-state index contributed by atoms with van der Waals surface area (Å²) in [5.74, 6) is -0.345. The molecule has 1 aromatic carbocycles. The van der Waals surface area contributed by atoms with Crippen molar-refractivity contribution in [2.45, 2.75) is 71.2 Å². The highest BCUT2D eigenvalue weighted by molar-refractivity contribution is 7.17. The number of hydrogen-bond acceptors (Lipinski definition) is 7. The van der Waals surface area contributed by atoms with Crippen molar-refractivity contribution in [2.75, 3.05) is 20.2 Å². The smallest absolute Gasteiger partial charge is 0.399 e. The molecule has 2 aliphatic rings. The molecule has 0 spiro atoms. The van der Waals surface area contributed by atoms with E-state index in [2.05, 4.69) is 5.32 Å². The van der Waals surface area contributed by atoms with Crippen LogP contribution in [0.3, 0.4) is 0 Å². The fourth-order valence-corrected chi connectivity index (χ4v) is 6.42. The topological polar surface area (TPSA) is 105 Å². The van der Waals surface area contributed by atoms with E-state index in [9.17, 15) is 19.2 Å². The zero-order valence-corrected chi connectivity index (χ0v) is 24.6. The number of fused-ring (bicyclic) bond motifs is 1. The normalized spacial score (nSPS) is 20.1. The number of ketones is 1. The van der Waals surface area contributed by atoms with E-state index in [-0.39, 0.29) is 42.0 Å². The van der Waals surface area contributed by atoms with Crippen LogP contribution in [0.2, 0.25) is 0 Å².